The van der Waals surface area contributed by atoms with E-state index in [1.54, 1.807) is 12.4 Å². The zero-order valence-electron chi connectivity index (χ0n) is 17.6. The molecule has 1 aliphatic carbocycles. The molecule has 7 heteroatoms. The van der Waals surface area contributed by atoms with Crippen molar-refractivity contribution in [3.63, 3.8) is 0 Å². The minimum absolute atomic E-state index is 0.604. The Bertz CT molecular complexity index is 618. The largest absolute Gasteiger partial charge is 0.381 e. The summed E-state index contributed by atoms with van der Waals surface area (Å²) >= 11 is 7.88. The van der Waals surface area contributed by atoms with Gasteiger partial charge in [-0.3, -0.25) is 4.31 Å². The molecule has 2 saturated heterocycles. The normalized spacial score (nSPS) is 26.8. The Hall–Kier alpha value is -0.560. The van der Waals surface area contributed by atoms with Gasteiger partial charge in [-0.25, -0.2) is 9.97 Å². The Kier molecular flexibility index (Phi) is 7.96. The summed E-state index contributed by atoms with van der Waals surface area (Å²) in [7, 11) is 0. The Morgan fingerprint density at radius 3 is 2.52 bits per heavy atom. The summed E-state index contributed by atoms with van der Waals surface area (Å²) in [6.45, 7) is 8.78. The molecule has 1 aromatic heterocycles. The monoisotopic (exact) mass is 438 g/mol. The third-order valence-electron chi connectivity index (χ3n) is 6.88. The predicted molar refractivity (Wildman–Crippen MR) is 121 cm³/mol. The Morgan fingerprint density at radius 1 is 1.10 bits per heavy atom. The van der Waals surface area contributed by atoms with Crippen LogP contribution >= 0.6 is 23.5 Å². The van der Waals surface area contributed by atoms with Crippen LogP contribution in [0.4, 0.5) is 5.95 Å². The van der Waals surface area contributed by atoms with Gasteiger partial charge < -0.3 is 9.64 Å². The smallest absolute Gasteiger partial charge is 0.225 e. The summed E-state index contributed by atoms with van der Waals surface area (Å²) in [6, 6.07) is 0. The van der Waals surface area contributed by atoms with Gasteiger partial charge in [0.2, 0.25) is 5.95 Å². The summed E-state index contributed by atoms with van der Waals surface area (Å²) in [6.07, 6.45) is 11.2. The zero-order chi connectivity index (χ0) is 20.1. The van der Waals surface area contributed by atoms with Gasteiger partial charge >= 0.3 is 0 Å². The molecule has 1 saturated carbocycles. The molecule has 162 valence electrons. The van der Waals surface area contributed by atoms with Gasteiger partial charge in [0.15, 0.2) is 0 Å². The first-order chi connectivity index (χ1) is 14.2. The highest BCUT2D eigenvalue weighted by Gasteiger charge is 2.43. The maximum Gasteiger partial charge on any atom is 0.225 e. The molecule has 0 amide bonds. The van der Waals surface area contributed by atoms with Crippen LogP contribution in [0, 0.1) is 23.7 Å². The average Bonchev–Trinajstić information content (AvgIpc) is 3.53. The molecule has 4 rings (SSSR count). The molecule has 29 heavy (non-hydrogen) atoms. The van der Waals surface area contributed by atoms with Crippen molar-refractivity contribution in [3.8, 4) is 0 Å². The van der Waals surface area contributed by atoms with Gasteiger partial charge in [0.05, 0.1) is 17.4 Å². The topological polar surface area (TPSA) is 41.5 Å². The molecule has 2 unspecified atom stereocenters. The molecule has 0 N–H and O–H groups in total. The number of nitrogens with zero attached hydrogens (tertiary/aromatic N) is 4. The maximum atomic E-state index is 6.08. The Labute approximate surface area is 185 Å². The number of rotatable bonds is 9. The number of hydrogen-bond donors (Lipinski definition) is 0. The van der Waals surface area contributed by atoms with Crippen molar-refractivity contribution in [1.29, 1.82) is 0 Å². The van der Waals surface area contributed by atoms with Crippen LogP contribution in [0.3, 0.4) is 0 Å². The summed E-state index contributed by atoms with van der Waals surface area (Å²) < 4.78 is 8.60. The van der Waals surface area contributed by atoms with E-state index in [-0.39, 0.29) is 0 Å². The van der Waals surface area contributed by atoms with Gasteiger partial charge in [0, 0.05) is 45.1 Å². The van der Waals surface area contributed by atoms with E-state index < -0.39 is 0 Å². The molecule has 0 aromatic carbocycles. The van der Waals surface area contributed by atoms with Gasteiger partial charge in [0.25, 0.3) is 0 Å². The van der Waals surface area contributed by atoms with Crippen molar-refractivity contribution in [2.75, 3.05) is 50.0 Å². The quantitative estimate of drug-likeness (QED) is 0.408. The summed E-state index contributed by atoms with van der Waals surface area (Å²) in [5.41, 5.74) is 0. The van der Waals surface area contributed by atoms with Crippen molar-refractivity contribution in [3.05, 3.63) is 17.4 Å². The van der Waals surface area contributed by atoms with E-state index in [1.165, 1.54) is 57.4 Å². The van der Waals surface area contributed by atoms with E-state index in [1.807, 2.05) is 11.9 Å². The van der Waals surface area contributed by atoms with E-state index >= 15 is 0 Å². The van der Waals surface area contributed by atoms with Gasteiger partial charge in [-0.05, 0) is 62.2 Å². The second kappa shape index (κ2) is 10.7. The molecule has 3 aliphatic rings. The van der Waals surface area contributed by atoms with Gasteiger partial charge in [-0.1, -0.05) is 30.5 Å². The van der Waals surface area contributed by atoms with Gasteiger partial charge in [-0.2, -0.15) is 0 Å². The molecule has 0 bridgehead atoms. The van der Waals surface area contributed by atoms with Crippen molar-refractivity contribution in [2.24, 2.45) is 23.7 Å². The van der Waals surface area contributed by atoms with E-state index in [9.17, 15) is 0 Å². The van der Waals surface area contributed by atoms with E-state index in [2.05, 4.69) is 26.1 Å². The van der Waals surface area contributed by atoms with Crippen LogP contribution in [0.1, 0.15) is 45.4 Å². The minimum Gasteiger partial charge on any atom is -0.381 e. The number of anilines is 1. The lowest BCUT2D eigenvalue weighted by molar-refractivity contribution is 0.0756. The molecule has 0 spiro atoms. The second-order valence-corrected chi connectivity index (χ2v) is 10.6. The van der Waals surface area contributed by atoms with Crippen molar-refractivity contribution >= 4 is 29.5 Å². The lowest BCUT2D eigenvalue weighted by Gasteiger charge is -2.32. The minimum atomic E-state index is 0.604. The summed E-state index contributed by atoms with van der Waals surface area (Å²) in [5.74, 6) is 5.51. The molecule has 2 aliphatic heterocycles. The fraction of sp³-hybridized carbons (Fsp3) is 0.818. The summed E-state index contributed by atoms with van der Waals surface area (Å²) in [5, 5.41) is 0.604. The number of piperidine rings is 2. The van der Waals surface area contributed by atoms with E-state index in [4.69, 9.17) is 16.3 Å². The van der Waals surface area contributed by atoms with Crippen molar-refractivity contribution in [2.45, 2.75) is 45.4 Å². The van der Waals surface area contributed by atoms with Crippen LogP contribution in [0.25, 0.3) is 0 Å². The number of ether oxygens (including phenoxy) is 1. The predicted octanol–water partition coefficient (Wildman–Crippen LogP) is 4.77. The van der Waals surface area contributed by atoms with E-state index in [0.29, 0.717) is 5.02 Å². The number of halogens is 1. The van der Waals surface area contributed by atoms with E-state index in [0.717, 1.165) is 55.9 Å². The molecule has 2 atom stereocenters. The first-order valence-electron chi connectivity index (χ1n) is 11.4. The third kappa shape index (κ3) is 6.22. The fourth-order valence-electron chi connectivity index (χ4n) is 5.05. The Balaban J connectivity index is 1.07. The fourth-order valence-corrected chi connectivity index (χ4v) is 5.98. The average molecular weight is 439 g/mol. The first-order valence-corrected chi connectivity index (χ1v) is 12.7. The van der Waals surface area contributed by atoms with Crippen LogP contribution in [0.2, 0.25) is 5.02 Å². The molecular formula is C22H35ClN4OS. The molecular weight excluding hydrogens is 404 g/mol. The second-order valence-electron chi connectivity index (χ2n) is 8.84. The van der Waals surface area contributed by atoms with Crippen LogP contribution in [-0.2, 0) is 4.74 Å². The standard InChI is InChI=1S/C22H35ClN4OS/c1-2-29-27-10-3-17(4-11-27)16-28-12-7-19-13-21(19)18-5-8-26(9-6-18)22-24-14-20(23)15-25-22/h14-15,17-19,21H,2-13,16H2,1H3. The SMILES string of the molecule is CCSN1CCC(COCCC2CC2C2CCN(c3ncc(Cl)cn3)CC2)CC1. The van der Waals surface area contributed by atoms with Gasteiger partial charge in [-0.15, -0.1) is 0 Å². The maximum absolute atomic E-state index is 6.08. The van der Waals surface area contributed by atoms with Crippen molar-refractivity contribution in [1.82, 2.24) is 14.3 Å². The molecule has 3 heterocycles. The van der Waals surface area contributed by atoms with Crippen molar-refractivity contribution < 1.29 is 4.74 Å². The highest BCUT2D eigenvalue weighted by atomic mass is 35.5. The third-order valence-corrected chi connectivity index (χ3v) is 8.07. The highest BCUT2D eigenvalue weighted by Crippen LogP contribution is 2.49. The number of hydrogen-bond acceptors (Lipinski definition) is 6. The van der Waals surface area contributed by atoms with Crippen LogP contribution in [0.5, 0.6) is 0 Å². The Morgan fingerprint density at radius 2 is 1.83 bits per heavy atom. The van der Waals surface area contributed by atoms with Crippen LogP contribution < -0.4 is 4.90 Å². The van der Waals surface area contributed by atoms with Crippen LogP contribution in [0.15, 0.2) is 12.4 Å². The molecule has 5 nitrogen and oxygen atoms in total. The first kappa shape index (κ1) is 21.7. The molecule has 3 fully saturated rings. The van der Waals surface area contributed by atoms with Gasteiger partial charge in [0.1, 0.15) is 0 Å². The number of aromatic nitrogens is 2. The lowest BCUT2D eigenvalue weighted by Crippen LogP contribution is -2.35. The summed E-state index contributed by atoms with van der Waals surface area (Å²) in [4.78, 5) is 11.0. The molecule has 1 aromatic rings. The molecule has 0 radical (unpaired) electrons. The van der Waals surface area contributed by atoms with Crippen LogP contribution in [-0.4, -0.2) is 59.4 Å². The highest BCUT2D eigenvalue weighted by molar-refractivity contribution is 7.96. The lowest BCUT2D eigenvalue weighted by atomic mass is 9.90. The zero-order valence-corrected chi connectivity index (χ0v) is 19.2.